The first-order valence-corrected chi connectivity index (χ1v) is 7.03. The third-order valence-electron chi connectivity index (χ3n) is 2.45. The number of aryl methyl sites for hydroxylation is 1. The van der Waals surface area contributed by atoms with E-state index in [1.165, 1.54) is 11.3 Å². The van der Waals surface area contributed by atoms with E-state index in [1.54, 1.807) is 7.11 Å². The molecule has 2 aromatic heterocycles. The molecule has 2 heterocycles. The van der Waals surface area contributed by atoms with E-state index >= 15 is 0 Å². The van der Waals surface area contributed by atoms with E-state index in [4.69, 9.17) is 9.26 Å². The molecule has 1 N–H and O–H groups in total. The molecular weight excluding hydrogens is 280 g/mol. The number of hydrogen-bond acceptors (Lipinski definition) is 7. The molecule has 0 radical (unpaired) electrons. The first-order chi connectivity index (χ1) is 9.67. The summed E-state index contributed by atoms with van der Waals surface area (Å²) < 4.78 is 9.91. The molecule has 108 valence electrons. The van der Waals surface area contributed by atoms with E-state index in [9.17, 15) is 4.79 Å². The summed E-state index contributed by atoms with van der Waals surface area (Å²) in [6, 6.07) is 0. The highest BCUT2D eigenvalue weighted by Gasteiger charge is 2.08. The van der Waals surface area contributed by atoms with Crippen molar-refractivity contribution in [2.24, 2.45) is 0 Å². The van der Waals surface area contributed by atoms with Crippen LogP contribution in [0.3, 0.4) is 0 Å². The van der Waals surface area contributed by atoms with Crippen LogP contribution in [0.15, 0.2) is 9.90 Å². The molecule has 0 bridgehead atoms. The average molecular weight is 296 g/mol. The highest BCUT2D eigenvalue weighted by molar-refractivity contribution is 7.09. The number of rotatable bonds is 7. The zero-order valence-corrected chi connectivity index (χ0v) is 12.2. The zero-order chi connectivity index (χ0) is 14.4. The normalized spacial score (nSPS) is 10.7. The molecule has 0 aromatic carbocycles. The first kappa shape index (κ1) is 14.6. The molecule has 0 unspecified atom stereocenters. The monoisotopic (exact) mass is 296 g/mol. The molecule has 20 heavy (non-hydrogen) atoms. The Morgan fingerprint density at radius 2 is 2.35 bits per heavy atom. The number of amides is 1. The van der Waals surface area contributed by atoms with Gasteiger partial charge >= 0.3 is 0 Å². The number of carbonyl (C=O) groups is 1. The summed E-state index contributed by atoms with van der Waals surface area (Å²) in [7, 11) is 1.57. The Kier molecular flexibility index (Phi) is 5.19. The van der Waals surface area contributed by atoms with Crippen LogP contribution in [0.5, 0.6) is 0 Å². The van der Waals surface area contributed by atoms with Crippen molar-refractivity contribution < 1.29 is 14.1 Å². The number of nitrogens with one attached hydrogen (secondary N) is 1. The lowest BCUT2D eigenvalue weighted by Gasteiger charge is -2.01. The van der Waals surface area contributed by atoms with Crippen LogP contribution in [0, 0.1) is 6.92 Å². The van der Waals surface area contributed by atoms with Gasteiger partial charge in [0.2, 0.25) is 11.8 Å². The van der Waals surface area contributed by atoms with Crippen molar-refractivity contribution in [1.29, 1.82) is 0 Å². The van der Waals surface area contributed by atoms with E-state index in [0.29, 0.717) is 37.7 Å². The number of carbonyl (C=O) groups excluding carboxylic acids is 1. The van der Waals surface area contributed by atoms with Crippen LogP contribution in [0.1, 0.15) is 22.4 Å². The molecule has 1 amide bonds. The summed E-state index contributed by atoms with van der Waals surface area (Å²) in [6.45, 7) is 2.69. The lowest BCUT2D eigenvalue weighted by atomic mass is 10.3. The van der Waals surface area contributed by atoms with Crippen LogP contribution in [0.25, 0.3) is 0 Å². The maximum atomic E-state index is 11.7. The fraction of sp³-hybridized carbons (Fsp3) is 0.500. The van der Waals surface area contributed by atoms with Gasteiger partial charge in [-0.2, -0.15) is 4.98 Å². The third kappa shape index (κ3) is 4.39. The third-order valence-corrected chi connectivity index (χ3v) is 3.28. The van der Waals surface area contributed by atoms with Gasteiger partial charge in [-0.1, -0.05) is 5.16 Å². The SMILES string of the molecule is COCc1noc(CCNC(=O)Cc2csc(C)n2)n1. The molecule has 0 aliphatic rings. The Morgan fingerprint density at radius 1 is 1.50 bits per heavy atom. The van der Waals surface area contributed by atoms with Gasteiger partial charge in [0.1, 0.15) is 6.61 Å². The second-order valence-electron chi connectivity index (χ2n) is 4.17. The number of methoxy groups -OCH3 is 1. The number of thiazole rings is 1. The van der Waals surface area contributed by atoms with Crippen molar-refractivity contribution in [1.82, 2.24) is 20.4 Å². The van der Waals surface area contributed by atoms with Gasteiger partial charge in [-0.25, -0.2) is 4.98 Å². The predicted octanol–water partition coefficient (Wildman–Crippen LogP) is 0.882. The summed E-state index contributed by atoms with van der Waals surface area (Å²) in [5, 5.41) is 9.39. The van der Waals surface area contributed by atoms with Crippen LogP contribution in [0.2, 0.25) is 0 Å². The molecule has 0 aliphatic heterocycles. The van der Waals surface area contributed by atoms with Gasteiger partial charge in [0.15, 0.2) is 5.82 Å². The summed E-state index contributed by atoms with van der Waals surface area (Å²) in [6.07, 6.45) is 0.793. The molecule has 2 rings (SSSR count). The van der Waals surface area contributed by atoms with Gasteiger partial charge in [0.05, 0.1) is 17.1 Å². The van der Waals surface area contributed by atoms with Crippen molar-refractivity contribution in [2.75, 3.05) is 13.7 Å². The second kappa shape index (κ2) is 7.11. The molecular formula is C12H16N4O3S. The summed E-state index contributed by atoms with van der Waals surface area (Å²) in [5.74, 6) is 0.931. The first-order valence-electron chi connectivity index (χ1n) is 6.15. The Labute approximate surface area is 120 Å². The molecule has 0 aliphatic carbocycles. The van der Waals surface area contributed by atoms with Crippen LogP contribution in [-0.2, 0) is 29.0 Å². The Morgan fingerprint density at radius 3 is 3.05 bits per heavy atom. The van der Waals surface area contributed by atoms with Crippen molar-refractivity contribution in [3.63, 3.8) is 0 Å². The van der Waals surface area contributed by atoms with Gasteiger partial charge in [-0.15, -0.1) is 11.3 Å². The predicted molar refractivity (Wildman–Crippen MR) is 72.3 cm³/mol. The van der Waals surface area contributed by atoms with E-state index in [-0.39, 0.29) is 5.91 Å². The molecule has 2 aromatic rings. The smallest absolute Gasteiger partial charge is 0.228 e. The molecule has 0 saturated carbocycles. The van der Waals surface area contributed by atoms with Crippen LogP contribution >= 0.6 is 11.3 Å². The standard InChI is InChI=1S/C12H16N4O3S/c1-8-14-9(7-20-8)5-11(17)13-4-3-12-15-10(6-18-2)16-19-12/h7H,3-6H2,1-2H3,(H,13,17). The fourth-order valence-corrected chi connectivity index (χ4v) is 2.22. The number of nitrogens with zero attached hydrogens (tertiary/aromatic N) is 3. The average Bonchev–Trinajstić information content (AvgIpc) is 3.00. The molecule has 0 fully saturated rings. The number of ether oxygens (including phenoxy) is 1. The molecule has 0 saturated heterocycles. The maximum Gasteiger partial charge on any atom is 0.228 e. The second-order valence-corrected chi connectivity index (χ2v) is 5.23. The highest BCUT2D eigenvalue weighted by Crippen LogP contribution is 2.08. The Balaban J connectivity index is 1.70. The van der Waals surface area contributed by atoms with Gasteiger partial charge in [0.25, 0.3) is 0 Å². The maximum absolute atomic E-state index is 11.7. The lowest BCUT2D eigenvalue weighted by molar-refractivity contribution is -0.120. The van der Waals surface area contributed by atoms with Crippen molar-refractivity contribution in [3.05, 3.63) is 27.8 Å². The Hall–Kier alpha value is -1.80. The minimum atomic E-state index is -0.0630. The molecule has 0 spiro atoms. The molecule has 7 nitrogen and oxygen atoms in total. The minimum Gasteiger partial charge on any atom is -0.377 e. The van der Waals surface area contributed by atoms with Gasteiger partial charge in [-0.3, -0.25) is 4.79 Å². The van der Waals surface area contributed by atoms with Gasteiger partial charge in [-0.05, 0) is 6.92 Å². The lowest BCUT2D eigenvalue weighted by Crippen LogP contribution is -2.27. The quantitative estimate of drug-likeness (QED) is 0.816. The highest BCUT2D eigenvalue weighted by atomic mass is 32.1. The van der Waals surface area contributed by atoms with E-state index in [1.807, 2.05) is 12.3 Å². The van der Waals surface area contributed by atoms with Crippen LogP contribution < -0.4 is 5.32 Å². The van der Waals surface area contributed by atoms with Crippen LogP contribution in [-0.4, -0.2) is 34.7 Å². The van der Waals surface area contributed by atoms with E-state index in [0.717, 1.165) is 10.7 Å². The fourth-order valence-electron chi connectivity index (χ4n) is 1.60. The van der Waals surface area contributed by atoms with E-state index in [2.05, 4.69) is 20.4 Å². The minimum absolute atomic E-state index is 0.0630. The van der Waals surface area contributed by atoms with Gasteiger partial charge < -0.3 is 14.6 Å². The molecule has 8 heteroatoms. The Bertz CT molecular complexity index is 567. The van der Waals surface area contributed by atoms with Crippen LogP contribution in [0.4, 0.5) is 0 Å². The summed E-state index contributed by atoms with van der Waals surface area (Å²) in [5.41, 5.74) is 0.796. The number of hydrogen-bond donors (Lipinski definition) is 1. The number of aromatic nitrogens is 3. The zero-order valence-electron chi connectivity index (χ0n) is 11.4. The van der Waals surface area contributed by atoms with Crippen molar-refractivity contribution >= 4 is 17.2 Å². The van der Waals surface area contributed by atoms with Crippen molar-refractivity contribution in [2.45, 2.75) is 26.4 Å². The van der Waals surface area contributed by atoms with Gasteiger partial charge in [0, 0.05) is 25.5 Å². The van der Waals surface area contributed by atoms with E-state index < -0.39 is 0 Å². The molecule has 0 atom stereocenters. The topological polar surface area (TPSA) is 90.1 Å². The summed E-state index contributed by atoms with van der Waals surface area (Å²) in [4.78, 5) is 20.0. The largest absolute Gasteiger partial charge is 0.377 e. The summed E-state index contributed by atoms with van der Waals surface area (Å²) >= 11 is 1.54. The van der Waals surface area contributed by atoms with Crippen molar-refractivity contribution in [3.8, 4) is 0 Å².